The maximum absolute atomic E-state index is 11.5. The van der Waals surface area contributed by atoms with Crippen molar-refractivity contribution in [3.63, 3.8) is 0 Å². The Balaban J connectivity index is 2.35. The number of hydrogen-bond donors (Lipinski definition) is 1. The lowest BCUT2D eigenvalue weighted by Gasteiger charge is -2.20. The van der Waals surface area contributed by atoms with E-state index in [9.17, 15) is 9.59 Å². The van der Waals surface area contributed by atoms with Gasteiger partial charge in [-0.2, -0.15) is 0 Å². The predicted octanol–water partition coefficient (Wildman–Crippen LogP) is 0.599. The monoisotopic (exact) mass is 214 g/mol. The summed E-state index contributed by atoms with van der Waals surface area (Å²) in [5.41, 5.74) is 0. The molecule has 1 aliphatic rings. The number of likely N-dealkylation sites (tertiary alicyclic amines) is 1. The second-order valence-electron chi connectivity index (χ2n) is 4.08. The van der Waals surface area contributed by atoms with Crippen LogP contribution in [0, 0.1) is 5.92 Å². The van der Waals surface area contributed by atoms with E-state index in [-0.39, 0.29) is 17.9 Å². The highest BCUT2D eigenvalue weighted by atomic mass is 16.5. The molecule has 2 amide bonds. The molecular formula is C10H18N2O3. The van der Waals surface area contributed by atoms with E-state index in [2.05, 4.69) is 10.1 Å². The van der Waals surface area contributed by atoms with Gasteiger partial charge in [0.1, 0.15) is 0 Å². The molecule has 1 saturated heterocycles. The van der Waals surface area contributed by atoms with Crippen molar-refractivity contribution in [3.8, 4) is 0 Å². The fourth-order valence-electron chi connectivity index (χ4n) is 1.74. The highest BCUT2D eigenvalue weighted by Gasteiger charge is 2.31. The minimum Gasteiger partial charge on any atom is -0.453 e. The summed E-state index contributed by atoms with van der Waals surface area (Å²) in [7, 11) is 1.33. The van der Waals surface area contributed by atoms with E-state index in [0.717, 1.165) is 6.54 Å². The van der Waals surface area contributed by atoms with Gasteiger partial charge in [0.05, 0.1) is 7.11 Å². The van der Waals surface area contributed by atoms with Gasteiger partial charge in [-0.15, -0.1) is 0 Å². The van der Waals surface area contributed by atoms with Crippen molar-refractivity contribution < 1.29 is 14.3 Å². The molecule has 15 heavy (non-hydrogen) atoms. The molecular weight excluding hydrogens is 196 g/mol. The largest absolute Gasteiger partial charge is 0.453 e. The lowest BCUT2D eigenvalue weighted by molar-refractivity contribution is -0.129. The van der Waals surface area contributed by atoms with Crippen molar-refractivity contribution in [2.75, 3.05) is 20.2 Å². The molecule has 0 radical (unpaired) electrons. The van der Waals surface area contributed by atoms with Gasteiger partial charge in [-0.25, -0.2) is 4.79 Å². The number of carbonyl (C=O) groups excluding carboxylic acids is 2. The molecule has 0 spiro atoms. The molecule has 1 heterocycles. The van der Waals surface area contributed by atoms with Crippen LogP contribution in [-0.4, -0.2) is 43.1 Å². The third kappa shape index (κ3) is 3.11. The Labute approximate surface area is 89.8 Å². The first-order valence-corrected chi connectivity index (χ1v) is 5.16. The van der Waals surface area contributed by atoms with Crippen LogP contribution in [0.15, 0.2) is 0 Å². The Morgan fingerprint density at radius 2 is 2.33 bits per heavy atom. The minimum atomic E-state index is -0.439. The predicted molar refractivity (Wildman–Crippen MR) is 55.4 cm³/mol. The van der Waals surface area contributed by atoms with Gasteiger partial charge in [-0.05, 0) is 13.8 Å². The first-order valence-electron chi connectivity index (χ1n) is 5.16. The standard InChI is InChI=1S/C10H18N2O3/c1-7(2)12-6-8(4-9(12)13)5-11-10(14)15-3/h7-8H,4-6H2,1-3H3,(H,11,14). The van der Waals surface area contributed by atoms with Crippen LogP contribution in [0.25, 0.3) is 0 Å². The van der Waals surface area contributed by atoms with Crippen LogP contribution in [0.1, 0.15) is 20.3 Å². The smallest absolute Gasteiger partial charge is 0.406 e. The summed E-state index contributed by atoms with van der Waals surface area (Å²) in [5, 5.41) is 2.61. The number of carbonyl (C=O) groups is 2. The van der Waals surface area contributed by atoms with Gasteiger partial charge in [0.2, 0.25) is 5.91 Å². The maximum Gasteiger partial charge on any atom is 0.406 e. The lowest BCUT2D eigenvalue weighted by Crippen LogP contribution is -2.34. The quantitative estimate of drug-likeness (QED) is 0.748. The summed E-state index contributed by atoms with van der Waals surface area (Å²) in [6.07, 6.45) is 0.0766. The second-order valence-corrected chi connectivity index (χ2v) is 4.08. The first-order chi connectivity index (χ1) is 7.04. The highest BCUT2D eigenvalue weighted by Crippen LogP contribution is 2.19. The van der Waals surface area contributed by atoms with E-state index in [0.29, 0.717) is 13.0 Å². The van der Waals surface area contributed by atoms with Gasteiger partial charge in [0, 0.05) is 31.5 Å². The Hall–Kier alpha value is -1.26. The Kier molecular flexibility index (Phi) is 3.94. The number of hydrogen-bond acceptors (Lipinski definition) is 3. The van der Waals surface area contributed by atoms with Crippen LogP contribution in [0.4, 0.5) is 4.79 Å². The number of nitrogens with one attached hydrogen (secondary N) is 1. The van der Waals surface area contributed by atoms with Crippen LogP contribution in [-0.2, 0) is 9.53 Å². The van der Waals surface area contributed by atoms with E-state index < -0.39 is 6.09 Å². The molecule has 0 aromatic heterocycles. The molecule has 1 atom stereocenters. The summed E-state index contributed by atoms with van der Waals surface area (Å²) < 4.78 is 4.46. The van der Waals surface area contributed by atoms with Gasteiger partial charge >= 0.3 is 6.09 Å². The molecule has 0 aromatic rings. The first kappa shape index (κ1) is 11.8. The van der Waals surface area contributed by atoms with Gasteiger partial charge < -0.3 is 15.0 Å². The summed E-state index contributed by atoms with van der Waals surface area (Å²) >= 11 is 0. The number of ether oxygens (including phenoxy) is 1. The van der Waals surface area contributed by atoms with E-state index in [4.69, 9.17) is 0 Å². The summed E-state index contributed by atoms with van der Waals surface area (Å²) in [6.45, 7) is 5.21. The van der Waals surface area contributed by atoms with Gasteiger partial charge in [0.25, 0.3) is 0 Å². The molecule has 86 valence electrons. The summed E-state index contributed by atoms with van der Waals surface area (Å²) in [5.74, 6) is 0.376. The zero-order valence-electron chi connectivity index (χ0n) is 9.45. The fourth-order valence-corrected chi connectivity index (χ4v) is 1.74. The van der Waals surface area contributed by atoms with Crippen LogP contribution < -0.4 is 5.32 Å². The third-order valence-corrected chi connectivity index (χ3v) is 2.58. The number of alkyl carbamates (subject to hydrolysis) is 1. The second kappa shape index (κ2) is 5.00. The fraction of sp³-hybridized carbons (Fsp3) is 0.800. The molecule has 0 saturated carbocycles. The third-order valence-electron chi connectivity index (χ3n) is 2.58. The average Bonchev–Trinajstić information content (AvgIpc) is 2.56. The Morgan fingerprint density at radius 1 is 1.67 bits per heavy atom. The SMILES string of the molecule is COC(=O)NCC1CC(=O)N(C(C)C)C1. The zero-order chi connectivity index (χ0) is 11.4. The molecule has 5 nitrogen and oxygen atoms in total. The number of methoxy groups -OCH3 is 1. The number of nitrogens with zero attached hydrogens (tertiary/aromatic N) is 1. The molecule has 1 N–H and O–H groups in total. The molecule has 5 heteroatoms. The molecule has 0 aromatic carbocycles. The topological polar surface area (TPSA) is 58.6 Å². The Bertz CT molecular complexity index is 253. The van der Waals surface area contributed by atoms with Crippen LogP contribution in [0.5, 0.6) is 0 Å². The molecule has 1 unspecified atom stereocenters. The lowest BCUT2D eigenvalue weighted by atomic mass is 10.1. The maximum atomic E-state index is 11.5. The van der Waals surface area contributed by atoms with Gasteiger partial charge in [-0.3, -0.25) is 4.79 Å². The summed E-state index contributed by atoms with van der Waals surface area (Å²) in [4.78, 5) is 24.2. The van der Waals surface area contributed by atoms with Crippen molar-refractivity contribution >= 4 is 12.0 Å². The van der Waals surface area contributed by atoms with Gasteiger partial charge in [0.15, 0.2) is 0 Å². The van der Waals surface area contributed by atoms with Crippen LogP contribution >= 0.6 is 0 Å². The zero-order valence-corrected chi connectivity index (χ0v) is 9.45. The van der Waals surface area contributed by atoms with E-state index in [1.165, 1.54) is 7.11 Å². The number of amides is 2. The van der Waals surface area contributed by atoms with Gasteiger partial charge in [-0.1, -0.05) is 0 Å². The van der Waals surface area contributed by atoms with Crippen molar-refractivity contribution in [3.05, 3.63) is 0 Å². The van der Waals surface area contributed by atoms with Crippen molar-refractivity contribution in [2.24, 2.45) is 5.92 Å². The molecule has 0 bridgehead atoms. The van der Waals surface area contributed by atoms with Crippen LogP contribution in [0.2, 0.25) is 0 Å². The molecule has 1 fully saturated rings. The van der Waals surface area contributed by atoms with Crippen LogP contribution in [0.3, 0.4) is 0 Å². The highest BCUT2D eigenvalue weighted by molar-refractivity contribution is 5.79. The minimum absolute atomic E-state index is 0.168. The van der Waals surface area contributed by atoms with Crippen molar-refractivity contribution in [1.82, 2.24) is 10.2 Å². The summed E-state index contributed by atoms with van der Waals surface area (Å²) in [6, 6.07) is 0.237. The normalized spacial score (nSPS) is 20.9. The molecule has 1 rings (SSSR count). The Morgan fingerprint density at radius 3 is 2.80 bits per heavy atom. The van der Waals surface area contributed by atoms with E-state index >= 15 is 0 Å². The van der Waals surface area contributed by atoms with E-state index in [1.54, 1.807) is 0 Å². The van der Waals surface area contributed by atoms with Crippen molar-refractivity contribution in [2.45, 2.75) is 26.3 Å². The molecule has 0 aliphatic carbocycles. The average molecular weight is 214 g/mol. The van der Waals surface area contributed by atoms with Crippen molar-refractivity contribution in [1.29, 1.82) is 0 Å². The molecule has 1 aliphatic heterocycles. The number of rotatable bonds is 3. The van der Waals surface area contributed by atoms with E-state index in [1.807, 2.05) is 18.7 Å².